The second kappa shape index (κ2) is 9.80. The fraction of sp³-hybridized carbons (Fsp3) is 0.286. The third-order valence-corrected chi connectivity index (χ3v) is 5.44. The van der Waals surface area contributed by atoms with Gasteiger partial charge < -0.3 is 14.6 Å². The van der Waals surface area contributed by atoms with Crippen LogP contribution in [0.25, 0.3) is 0 Å². The Kier molecular flexibility index (Phi) is 7.17. The lowest BCUT2D eigenvalue weighted by Crippen LogP contribution is -2.15. The number of hydrogen-bond acceptors (Lipinski definition) is 5. The van der Waals surface area contributed by atoms with Crippen LogP contribution in [0, 0.1) is 13.8 Å². The molecule has 8 heteroatoms. The second-order valence-electron chi connectivity index (χ2n) is 6.55. The summed E-state index contributed by atoms with van der Waals surface area (Å²) in [6.07, 6.45) is 0. The largest absolute Gasteiger partial charge is 0.485 e. The number of thioether (sulfide) groups is 1. The molecule has 0 saturated carbocycles. The summed E-state index contributed by atoms with van der Waals surface area (Å²) in [5.74, 6) is 1.64. The van der Waals surface area contributed by atoms with Crippen molar-refractivity contribution in [2.45, 2.75) is 39.1 Å². The number of nitrogens with zero attached hydrogens (tertiary/aromatic N) is 3. The highest BCUT2D eigenvalue weighted by Gasteiger charge is 2.14. The van der Waals surface area contributed by atoms with Gasteiger partial charge in [-0.05, 0) is 62.2 Å². The molecule has 1 amide bonds. The number of hydrogen-bond donors (Lipinski definition) is 1. The molecule has 1 aromatic heterocycles. The van der Waals surface area contributed by atoms with Crippen LogP contribution in [0.1, 0.15) is 23.9 Å². The van der Waals surface area contributed by atoms with E-state index in [0.717, 1.165) is 22.6 Å². The van der Waals surface area contributed by atoms with Gasteiger partial charge in [-0.25, -0.2) is 0 Å². The van der Waals surface area contributed by atoms with E-state index in [2.05, 4.69) is 15.5 Å². The van der Waals surface area contributed by atoms with Gasteiger partial charge in [-0.1, -0.05) is 35.5 Å². The maximum absolute atomic E-state index is 12.3. The molecule has 0 aliphatic carbocycles. The number of halogens is 1. The van der Waals surface area contributed by atoms with Crippen molar-refractivity contribution in [2.24, 2.45) is 0 Å². The Hall–Kier alpha value is -2.51. The van der Waals surface area contributed by atoms with Crippen LogP contribution in [0.4, 0.5) is 5.69 Å². The van der Waals surface area contributed by atoms with E-state index in [-0.39, 0.29) is 11.7 Å². The van der Waals surface area contributed by atoms with Crippen LogP contribution in [-0.4, -0.2) is 26.4 Å². The van der Waals surface area contributed by atoms with Gasteiger partial charge in [0.25, 0.3) is 0 Å². The zero-order valence-electron chi connectivity index (χ0n) is 16.6. The summed E-state index contributed by atoms with van der Waals surface area (Å²) in [6, 6.07) is 13.2. The van der Waals surface area contributed by atoms with Crippen LogP contribution in [0.2, 0.25) is 5.02 Å². The molecule has 0 bridgehead atoms. The molecular formula is C21H23ClN4O2S. The molecule has 0 fully saturated rings. The quantitative estimate of drug-likeness (QED) is 0.516. The summed E-state index contributed by atoms with van der Waals surface area (Å²) in [6.45, 7) is 6.92. The third-order valence-electron chi connectivity index (χ3n) is 4.24. The number of rotatable bonds is 8. The number of amides is 1. The predicted octanol–water partition coefficient (Wildman–Crippen LogP) is 4.88. The Bertz CT molecular complexity index is 1010. The molecule has 0 spiro atoms. The minimum atomic E-state index is -0.0826. The number of ether oxygens (including phenoxy) is 1. The van der Waals surface area contributed by atoms with Crippen LogP contribution in [0.3, 0.4) is 0 Å². The average Bonchev–Trinajstić information content (AvgIpc) is 3.07. The van der Waals surface area contributed by atoms with Crippen molar-refractivity contribution in [2.75, 3.05) is 11.1 Å². The van der Waals surface area contributed by atoms with Crippen molar-refractivity contribution < 1.29 is 9.53 Å². The number of benzene rings is 2. The summed E-state index contributed by atoms with van der Waals surface area (Å²) in [5, 5.41) is 12.7. The van der Waals surface area contributed by atoms with Crippen LogP contribution in [-0.2, 0) is 17.9 Å². The first-order valence-corrected chi connectivity index (χ1v) is 10.6. The van der Waals surface area contributed by atoms with Gasteiger partial charge in [0.2, 0.25) is 5.91 Å². The molecule has 0 aliphatic heterocycles. The Balaban J connectivity index is 1.59. The summed E-state index contributed by atoms with van der Waals surface area (Å²) < 4.78 is 7.83. The van der Waals surface area contributed by atoms with E-state index in [4.69, 9.17) is 16.3 Å². The molecule has 1 heterocycles. The SMILES string of the molecule is CCn1c(COc2ccc(Cl)cc2C)nnc1SCC(=O)Nc1cccc(C)c1. The molecule has 1 N–H and O–H groups in total. The zero-order chi connectivity index (χ0) is 20.8. The maximum Gasteiger partial charge on any atom is 0.234 e. The first kappa shape index (κ1) is 21.2. The molecule has 152 valence electrons. The zero-order valence-corrected chi connectivity index (χ0v) is 18.2. The van der Waals surface area contributed by atoms with E-state index < -0.39 is 0 Å². The molecular weight excluding hydrogens is 408 g/mol. The van der Waals surface area contributed by atoms with Gasteiger partial charge >= 0.3 is 0 Å². The third kappa shape index (κ3) is 5.74. The molecule has 0 aliphatic rings. The van der Waals surface area contributed by atoms with Crippen LogP contribution >= 0.6 is 23.4 Å². The Morgan fingerprint density at radius 1 is 1.21 bits per heavy atom. The molecule has 0 unspecified atom stereocenters. The summed E-state index contributed by atoms with van der Waals surface area (Å²) in [5.41, 5.74) is 2.85. The van der Waals surface area contributed by atoms with E-state index in [1.165, 1.54) is 11.8 Å². The summed E-state index contributed by atoms with van der Waals surface area (Å²) in [4.78, 5) is 12.3. The van der Waals surface area contributed by atoms with Gasteiger partial charge in [-0.2, -0.15) is 0 Å². The molecule has 6 nitrogen and oxygen atoms in total. The van der Waals surface area contributed by atoms with Crippen molar-refractivity contribution in [1.82, 2.24) is 14.8 Å². The minimum absolute atomic E-state index is 0.0826. The number of nitrogens with one attached hydrogen (secondary N) is 1. The smallest absolute Gasteiger partial charge is 0.234 e. The van der Waals surface area contributed by atoms with Gasteiger partial charge in [-0.15, -0.1) is 10.2 Å². The fourth-order valence-corrected chi connectivity index (χ4v) is 3.87. The van der Waals surface area contributed by atoms with Gasteiger partial charge in [0.15, 0.2) is 11.0 Å². The lowest BCUT2D eigenvalue weighted by Gasteiger charge is -2.11. The summed E-state index contributed by atoms with van der Waals surface area (Å²) >= 11 is 7.34. The lowest BCUT2D eigenvalue weighted by molar-refractivity contribution is -0.113. The van der Waals surface area contributed by atoms with E-state index in [0.29, 0.717) is 29.2 Å². The molecule has 0 saturated heterocycles. The van der Waals surface area contributed by atoms with Crippen LogP contribution in [0.5, 0.6) is 5.75 Å². The molecule has 3 aromatic rings. The molecule has 0 radical (unpaired) electrons. The topological polar surface area (TPSA) is 69.0 Å². The lowest BCUT2D eigenvalue weighted by atomic mass is 10.2. The normalized spacial score (nSPS) is 10.8. The highest BCUT2D eigenvalue weighted by Crippen LogP contribution is 2.23. The molecule has 29 heavy (non-hydrogen) atoms. The standard InChI is InChI=1S/C21H23ClN4O2S/c1-4-26-19(12-28-18-9-8-16(22)11-15(18)3)24-25-21(26)29-13-20(27)23-17-7-5-6-14(2)10-17/h5-11H,4,12-13H2,1-3H3,(H,23,27). The first-order chi connectivity index (χ1) is 14.0. The monoisotopic (exact) mass is 430 g/mol. The fourth-order valence-electron chi connectivity index (χ4n) is 2.82. The predicted molar refractivity (Wildman–Crippen MR) is 117 cm³/mol. The summed E-state index contributed by atoms with van der Waals surface area (Å²) in [7, 11) is 0. The van der Waals surface area contributed by atoms with E-state index in [1.807, 2.05) is 61.7 Å². The number of carbonyl (C=O) groups is 1. The van der Waals surface area contributed by atoms with Gasteiger partial charge in [0, 0.05) is 17.3 Å². The van der Waals surface area contributed by atoms with Crippen molar-refractivity contribution in [3.05, 3.63) is 64.4 Å². The van der Waals surface area contributed by atoms with Gasteiger partial charge in [0.1, 0.15) is 12.4 Å². The highest BCUT2D eigenvalue weighted by molar-refractivity contribution is 7.99. The van der Waals surface area contributed by atoms with Crippen molar-refractivity contribution >= 4 is 35.0 Å². The first-order valence-electron chi connectivity index (χ1n) is 9.26. The van der Waals surface area contributed by atoms with E-state index >= 15 is 0 Å². The molecule has 2 aromatic carbocycles. The second-order valence-corrected chi connectivity index (χ2v) is 7.93. The van der Waals surface area contributed by atoms with Gasteiger partial charge in [0.05, 0.1) is 5.75 Å². The Labute approximate surface area is 179 Å². The number of anilines is 1. The van der Waals surface area contributed by atoms with Crippen molar-refractivity contribution in [3.63, 3.8) is 0 Å². The number of carbonyl (C=O) groups excluding carboxylic acids is 1. The van der Waals surface area contributed by atoms with Crippen molar-refractivity contribution in [3.8, 4) is 5.75 Å². The Morgan fingerprint density at radius 2 is 2.03 bits per heavy atom. The highest BCUT2D eigenvalue weighted by atomic mass is 35.5. The van der Waals surface area contributed by atoms with Crippen molar-refractivity contribution in [1.29, 1.82) is 0 Å². The molecule has 0 atom stereocenters. The molecule has 3 rings (SSSR count). The van der Waals surface area contributed by atoms with Crippen LogP contribution < -0.4 is 10.1 Å². The maximum atomic E-state index is 12.3. The Morgan fingerprint density at radius 3 is 2.76 bits per heavy atom. The van der Waals surface area contributed by atoms with Crippen LogP contribution in [0.15, 0.2) is 47.6 Å². The minimum Gasteiger partial charge on any atom is -0.485 e. The van der Waals surface area contributed by atoms with E-state index in [1.54, 1.807) is 6.07 Å². The van der Waals surface area contributed by atoms with E-state index in [9.17, 15) is 4.79 Å². The van der Waals surface area contributed by atoms with Gasteiger partial charge in [-0.3, -0.25) is 4.79 Å². The average molecular weight is 431 g/mol. The number of aryl methyl sites for hydroxylation is 2. The number of aromatic nitrogens is 3.